The SMILES string of the molecule is CCCCOC(C)N([C]=O)C(C)OCCCC. The van der Waals surface area contributed by atoms with Gasteiger partial charge in [0.1, 0.15) is 12.5 Å². The summed E-state index contributed by atoms with van der Waals surface area (Å²) in [7, 11) is 0. The second-order valence-electron chi connectivity index (χ2n) is 4.15. The molecule has 0 saturated heterocycles. The highest BCUT2D eigenvalue weighted by atomic mass is 16.5. The molecule has 0 aliphatic carbocycles. The van der Waals surface area contributed by atoms with Crippen LogP contribution in [0.5, 0.6) is 0 Å². The lowest BCUT2D eigenvalue weighted by molar-refractivity contribution is -0.105. The van der Waals surface area contributed by atoms with E-state index < -0.39 is 0 Å². The van der Waals surface area contributed by atoms with Gasteiger partial charge in [-0.25, -0.2) is 0 Å². The summed E-state index contributed by atoms with van der Waals surface area (Å²) in [6, 6.07) is 0. The Labute approximate surface area is 105 Å². The van der Waals surface area contributed by atoms with E-state index in [2.05, 4.69) is 13.8 Å². The van der Waals surface area contributed by atoms with Crippen LogP contribution < -0.4 is 0 Å². The molecule has 0 rings (SSSR count). The van der Waals surface area contributed by atoms with Crippen LogP contribution in [0.3, 0.4) is 0 Å². The van der Waals surface area contributed by atoms with E-state index in [1.54, 1.807) is 0 Å². The third-order valence-electron chi connectivity index (χ3n) is 2.60. The summed E-state index contributed by atoms with van der Waals surface area (Å²) in [4.78, 5) is 12.3. The maximum atomic E-state index is 10.9. The third-order valence-corrected chi connectivity index (χ3v) is 2.60. The number of ether oxygens (including phenoxy) is 2. The zero-order chi connectivity index (χ0) is 13.1. The molecule has 0 bridgehead atoms. The van der Waals surface area contributed by atoms with Gasteiger partial charge >= 0.3 is 6.41 Å². The Morgan fingerprint density at radius 1 is 1.00 bits per heavy atom. The smallest absolute Gasteiger partial charge is 0.316 e. The van der Waals surface area contributed by atoms with E-state index in [9.17, 15) is 4.79 Å². The van der Waals surface area contributed by atoms with E-state index >= 15 is 0 Å². The Hall–Kier alpha value is -0.610. The molecule has 17 heavy (non-hydrogen) atoms. The largest absolute Gasteiger partial charge is 0.358 e. The summed E-state index contributed by atoms with van der Waals surface area (Å²) in [6.45, 7) is 9.23. The third kappa shape index (κ3) is 7.34. The van der Waals surface area contributed by atoms with Gasteiger partial charge in [-0.3, -0.25) is 9.69 Å². The van der Waals surface area contributed by atoms with Gasteiger partial charge in [-0.15, -0.1) is 0 Å². The zero-order valence-electron chi connectivity index (χ0n) is 11.6. The van der Waals surface area contributed by atoms with Crippen LogP contribution in [-0.4, -0.2) is 37.0 Å². The minimum absolute atomic E-state index is 0.282. The minimum atomic E-state index is -0.282. The Bertz CT molecular complexity index is 172. The van der Waals surface area contributed by atoms with Gasteiger partial charge in [0.05, 0.1) is 0 Å². The molecule has 0 aromatic rings. The number of rotatable bonds is 11. The number of unbranched alkanes of at least 4 members (excludes halogenated alkanes) is 2. The highest BCUT2D eigenvalue weighted by Crippen LogP contribution is 2.07. The van der Waals surface area contributed by atoms with Crippen molar-refractivity contribution in [1.82, 2.24) is 4.90 Å². The van der Waals surface area contributed by atoms with Crippen molar-refractivity contribution in [1.29, 1.82) is 0 Å². The molecule has 1 amide bonds. The molecule has 0 spiro atoms. The molecule has 0 heterocycles. The second kappa shape index (κ2) is 10.5. The van der Waals surface area contributed by atoms with Gasteiger partial charge in [-0.05, 0) is 26.7 Å². The summed E-state index contributed by atoms with van der Waals surface area (Å²) in [5.74, 6) is 0. The molecule has 0 saturated carbocycles. The van der Waals surface area contributed by atoms with Crippen molar-refractivity contribution in [3.8, 4) is 0 Å². The fraction of sp³-hybridized carbons (Fsp3) is 0.923. The first-order chi connectivity index (χ1) is 8.17. The first-order valence-electron chi connectivity index (χ1n) is 6.56. The molecule has 0 aromatic heterocycles. The van der Waals surface area contributed by atoms with Gasteiger partial charge in [0.25, 0.3) is 0 Å². The average Bonchev–Trinajstić information content (AvgIpc) is 2.30. The molecule has 2 unspecified atom stereocenters. The van der Waals surface area contributed by atoms with Crippen molar-refractivity contribution >= 4 is 6.41 Å². The quantitative estimate of drug-likeness (QED) is 0.319. The number of carbonyl (C=O) groups excluding carboxylic acids is 1. The van der Waals surface area contributed by atoms with E-state index in [1.165, 1.54) is 4.90 Å². The van der Waals surface area contributed by atoms with Crippen LogP contribution in [0.1, 0.15) is 53.4 Å². The number of nitrogens with zero attached hydrogens (tertiary/aromatic N) is 1. The second-order valence-corrected chi connectivity index (χ2v) is 4.15. The van der Waals surface area contributed by atoms with Gasteiger partial charge in [0, 0.05) is 13.2 Å². The van der Waals surface area contributed by atoms with Gasteiger partial charge < -0.3 is 9.47 Å². The van der Waals surface area contributed by atoms with E-state index in [4.69, 9.17) is 9.47 Å². The topological polar surface area (TPSA) is 38.8 Å². The van der Waals surface area contributed by atoms with Gasteiger partial charge in [-0.2, -0.15) is 0 Å². The minimum Gasteiger partial charge on any atom is -0.358 e. The molecule has 4 heteroatoms. The lowest BCUT2D eigenvalue weighted by Crippen LogP contribution is -2.42. The Balaban J connectivity index is 3.96. The van der Waals surface area contributed by atoms with Crippen LogP contribution in [0.25, 0.3) is 0 Å². The number of hydrogen-bond donors (Lipinski definition) is 0. The van der Waals surface area contributed by atoms with E-state index in [0.29, 0.717) is 13.2 Å². The molecule has 1 radical (unpaired) electrons. The fourth-order valence-electron chi connectivity index (χ4n) is 1.40. The molecule has 0 fully saturated rings. The molecule has 0 N–H and O–H groups in total. The van der Waals surface area contributed by atoms with Crippen molar-refractivity contribution in [2.45, 2.75) is 65.8 Å². The lowest BCUT2D eigenvalue weighted by Gasteiger charge is -2.29. The average molecular weight is 244 g/mol. The number of amides is 1. The standard InChI is InChI=1S/C13H26NO3/c1-5-7-9-16-12(3)14(11-15)13(4)17-10-8-6-2/h12-13H,5-10H2,1-4H3. The zero-order valence-corrected chi connectivity index (χ0v) is 11.6. The molecular formula is C13H26NO3. The molecule has 0 aliphatic heterocycles. The van der Waals surface area contributed by atoms with Crippen molar-refractivity contribution in [3.05, 3.63) is 0 Å². The van der Waals surface area contributed by atoms with E-state index in [0.717, 1.165) is 25.7 Å². The van der Waals surface area contributed by atoms with E-state index in [1.807, 2.05) is 20.3 Å². The van der Waals surface area contributed by atoms with Crippen molar-refractivity contribution < 1.29 is 14.3 Å². The summed E-state index contributed by atoms with van der Waals surface area (Å²) in [5, 5.41) is 0. The molecule has 2 atom stereocenters. The van der Waals surface area contributed by atoms with Crippen molar-refractivity contribution in [3.63, 3.8) is 0 Å². The molecule has 0 aromatic carbocycles. The van der Waals surface area contributed by atoms with Crippen molar-refractivity contribution in [2.75, 3.05) is 13.2 Å². The summed E-state index contributed by atoms with van der Waals surface area (Å²) in [6.07, 6.45) is 5.50. The lowest BCUT2D eigenvalue weighted by atomic mass is 10.3. The first kappa shape index (κ1) is 16.4. The van der Waals surface area contributed by atoms with Gasteiger partial charge in [0.15, 0.2) is 0 Å². The summed E-state index contributed by atoms with van der Waals surface area (Å²) in [5.41, 5.74) is 0. The van der Waals surface area contributed by atoms with Crippen LogP contribution in [0.15, 0.2) is 0 Å². The number of hydrogen-bond acceptors (Lipinski definition) is 3. The van der Waals surface area contributed by atoms with Crippen LogP contribution in [0, 0.1) is 0 Å². The Morgan fingerprint density at radius 2 is 1.41 bits per heavy atom. The van der Waals surface area contributed by atoms with Crippen LogP contribution in [0.4, 0.5) is 0 Å². The molecule has 101 valence electrons. The van der Waals surface area contributed by atoms with Gasteiger partial charge in [0.2, 0.25) is 0 Å². The van der Waals surface area contributed by atoms with Crippen LogP contribution in [-0.2, 0) is 14.3 Å². The predicted molar refractivity (Wildman–Crippen MR) is 68.2 cm³/mol. The molecule has 4 nitrogen and oxygen atoms in total. The van der Waals surface area contributed by atoms with E-state index in [-0.39, 0.29) is 12.5 Å². The monoisotopic (exact) mass is 244 g/mol. The fourth-order valence-corrected chi connectivity index (χ4v) is 1.40. The molecule has 0 aliphatic rings. The maximum absolute atomic E-state index is 10.9. The van der Waals surface area contributed by atoms with Crippen molar-refractivity contribution in [2.24, 2.45) is 0 Å². The summed E-state index contributed by atoms with van der Waals surface area (Å²) < 4.78 is 11.1. The highest BCUT2D eigenvalue weighted by molar-refractivity contribution is 5.48. The maximum Gasteiger partial charge on any atom is 0.316 e. The molecular weight excluding hydrogens is 218 g/mol. The summed E-state index contributed by atoms with van der Waals surface area (Å²) >= 11 is 0. The van der Waals surface area contributed by atoms with Gasteiger partial charge in [-0.1, -0.05) is 26.7 Å². The van der Waals surface area contributed by atoms with Crippen LogP contribution in [0.2, 0.25) is 0 Å². The first-order valence-corrected chi connectivity index (χ1v) is 6.56. The highest BCUT2D eigenvalue weighted by Gasteiger charge is 2.19. The normalized spacial score (nSPS) is 14.4. The Morgan fingerprint density at radius 3 is 1.71 bits per heavy atom. The Kier molecular flexibility index (Phi) is 10.2. The predicted octanol–water partition coefficient (Wildman–Crippen LogP) is 2.68. The van der Waals surface area contributed by atoms with Crippen LogP contribution >= 0.6 is 0 Å².